The number of hydrogen-bond donors (Lipinski definition) is 1. The fourth-order valence-electron chi connectivity index (χ4n) is 4.07. The van der Waals surface area contributed by atoms with Gasteiger partial charge in [0.2, 0.25) is 0 Å². The number of aryl methyl sites for hydroxylation is 1. The summed E-state index contributed by atoms with van der Waals surface area (Å²) in [6, 6.07) is 6.45. The molecule has 1 aromatic rings. The van der Waals surface area contributed by atoms with E-state index >= 15 is 0 Å². The van der Waals surface area contributed by atoms with Crippen LogP contribution >= 0.6 is 12.4 Å². The van der Waals surface area contributed by atoms with E-state index in [4.69, 9.17) is 5.73 Å². The molecule has 3 unspecified atom stereocenters. The van der Waals surface area contributed by atoms with Gasteiger partial charge in [0.15, 0.2) is 0 Å². The minimum atomic E-state index is 0. The number of rotatable bonds is 1. The summed E-state index contributed by atoms with van der Waals surface area (Å²) < 4.78 is 0. The van der Waals surface area contributed by atoms with Crippen LogP contribution in [0.15, 0.2) is 18.2 Å². The molecule has 0 aromatic heterocycles. The van der Waals surface area contributed by atoms with Gasteiger partial charge >= 0.3 is 0 Å². The molecule has 116 valence electrons. The Hall–Kier alpha value is -1.22. The summed E-state index contributed by atoms with van der Waals surface area (Å²) in [5, 5.41) is 0. The van der Waals surface area contributed by atoms with Crippen molar-refractivity contribution in [3.63, 3.8) is 0 Å². The van der Waals surface area contributed by atoms with Crippen LogP contribution in [-0.4, -0.2) is 22.9 Å². The molecule has 3 nitrogen and oxygen atoms in total. The third-order valence-electron chi connectivity index (χ3n) is 5.07. The summed E-state index contributed by atoms with van der Waals surface area (Å²) in [5.41, 5.74) is 8.34. The lowest BCUT2D eigenvalue weighted by molar-refractivity contribution is 0.0633. The summed E-state index contributed by atoms with van der Waals surface area (Å²) in [7, 11) is 0. The molecule has 2 aliphatic rings. The lowest BCUT2D eigenvalue weighted by Gasteiger charge is -2.33. The van der Waals surface area contributed by atoms with Gasteiger partial charge in [0, 0.05) is 23.3 Å². The second-order valence-corrected chi connectivity index (χ2v) is 6.48. The highest BCUT2D eigenvalue weighted by molar-refractivity contribution is 5.97. The Bertz CT molecular complexity index is 532. The van der Waals surface area contributed by atoms with Crippen LogP contribution < -0.4 is 5.73 Å². The van der Waals surface area contributed by atoms with Crippen molar-refractivity contribution in [1.82, 2.24) is 4.90 Å². The van der Waals surface area contributed by atoms with Crippen LogP contribution in [0.1, 0.15) is 54.9 Å². The number of fused-ring (bicyclic) bond motifs is 1. The summed E-state index contributed by atoms with van der Waals surface area (Å²) in [6.07, 6.45) is 6.20. The van der Waals surface area contributed by atoms with E-state index in [1.807, 2.05) is 25.1 Å². The van der Waals surface area contributed by atoms with E-state index in [2.05, 4.69) is 11.8 Å². The van der Waals surface area contributed by atoms with Crippen LogP contribution in [0.25, 0.3) is 0 Å². The lowest BCUT2D eigenvalue weighted by atomic mass is 9.84. The first-order chi connectivity index (χ1) is 9.58. The third-order valence-corrected chi connectivity index (χ3v) is 5.07. The number of nitrogens with zero attached hydrogens (tertiary/aromatic N) is 1. The summed E-state index contributed by atoms with van der Waals surface area (Å²) in [5.74, 6) is 0.890. The molecule has 1 heterocycles. The van der Waals surface area contributed by atoms with Crippen molar-refractivity contribution >= 4 is 24.0 Å². The van der Waals surface area contributed by atoms with E-state index in [0.29, 0.717) is 23.7 Å². The standard InChI is InChI=1S/C17H24N2O.ClH/c1-11-7-8-14(18)10-15(11)17(20)19-12(2)9-13-5-3-4-6-16(13)19;/h7-8,10,12-13,16H,3-6,9,18H2,1-2H3;1H. The van der Waals surface area contributed by atoms with Gasteiger partial charge < -0.3 is 10.6 Å². The van der Waals surface area contributed by atoms with E-state index in [1.54, 1.807) is 0 Å². The Balaban J connectivity index is 0.00000161. The molecule has 1 saturated carbocycles. The van der Waals surface area contributed by atoms with Crippen LogP contribution in [0, 0.1) is 12.8 Å². The number of anilines is 1. The average Bonchev–Trinajstić information content (AvgIpc) is 2.76. The summed E-state index contributed by atoms with van der Waals surface area (Å²) in [4.78, 5) is 15.1. The van der Waals surface area contributed by atoms with Crippen LogP contribution in [-0.2, 0) is 0 Å². The smallest absolute Gasteiger partial charge is 0.254 e. The lowest BCUT2D eigenvalue weighted by Crippen LogP contribution is -2.42. The van der Waals surface area contributed by atoms with Gasteiger partial charge in [-0.2, -0.15) is 0 Å². The molecule has 0 radical (unpaired) electrons. The Morgan fingerprint density at radius 1 is 1.29 bits per heavy atom. The zero-order chi connectivity index (χ0) is 14.3. The second kappa shape index (κ2) is 6.27. The van der Waals surface area contributed by atoms with Crippen molar-refractivity contribution in [2.45, 2.75) is 58.0 Å². The molecule has 1 amide bonds. The van der Waals surface area contributed by atoms with Crippen LogP contribution in [0.4, 0.5) is 5.69 Å². The fourth-order valence-corrected chi connectivity index (χ4v) is 4.07. The highest BCUT2D eigenvalue weighted by Gasteiger charge is 2.42. The highest BCUT2D eigenvalue weighted by Crippen LogP contribution is 2.40. The average molecular weight is 309 g/mol. The number of amides is 1. The Morgan fingerprint density at radius 2 is 2.00 bits per heavy atom. The maximum absolute atomic E-state index is 13.0. The third kappa shape index (κ3) is 2.89. The van der Waals surface area contributed by atoms with Gasteiger partial charge in [-0.25, -0.2) is 0 Å². The molecule has 4 heteroatoms. The number of halogens is 1. The molecular formula is C17H25ClN2O. The first-order valence-electron chi connectivity index (χ1n) is 7.76. The van der Waals surface area contributed by atoms with Gasteiger partial charge in [0.25, 0.3) is 5.91 Å². The molecule has 3 rings (SSSR count). The monoisotopic (exact) mass is 308 g/mol. The van der Waals surface area contributed by atoms with Gasteiger partial charge in [-0.05, 0) is 56.7 Å². The van der Waals surface area contributed by atoms with Crippen molar-refractivity contribution in [1.29, 1.82) is 0 Å². The minimum absolute atomic E-state index is 0. The molecule has 2 fully saturated rings. The molecule has 3 atom stereocenters. The van der Waals surface area contributed by atoms with Crippen LogP contribution in [0.2, 0.25) is 0 Å². The number of nitrogens with two attached hydrogens (primary N) is 1. The van der Waals surface area contributed by atoms with E-state index in [9.17, 15) is 4.79 Å². The molecule has 2 N–H and O–H groups in total. The maximum Gasteiger partial charge on any atom is 0.254 e. The van der Waals surface area contributed by atoms with Crippen molar-refractivity contribution in [2.75, 3.05) is 5.73 Å². The van der Waals surface area contributed by atoms with Gasteiger partial charge in [0.05, 0.1) is 0 Å². The van der Waals surface area contributed by atoms with Gasteiger partial charge in [-0.15, -0.1) is 12.4 Å². The number of benzene rings is 1. The van der Waals surface area contributed by atoms with Crippen LogP contribution in [0.5, 0.6) is 0 Å². The van der Waals surface area contributed by atoms with Crippen molar-refractivity contribution in [3.05, 3.63) is 29.3 Å². The first kappa shape index (κ1) is 16.2. The second-order valence-electron chi connectivity index (χ2n) is 6.48. The number of nitrogen functional groups attached to an aromatic ring is 1. The fraction of sp³-hybridized carbons (Fsp3) is 0.588. The summed E-state index contributed by atoms with van der Waals surface area (Å²) >= 11 is 0. The predicted octanol–water partition coefficient (Wildman–Crippen LogP) is 3.79. The molecule has 21 heavy (non-hydrogen) atoms. The van der Waals surface area contributed by atoms with Gasteiger partial charge in [-0.3, -0.25) is 4.79 Å². The normalized spacial score (nSPS) is 27.9. The number of hydrogen-bond acceptors (Lipinski definition) is 2. The van der Waals surface area contributed by atoms with Gasteiger partial charge in [-0.1, -0.05) is 18.9 Å². The van der Waals surface area contributed by atoms with E-state index < -0.39 is 0 Å². The maximum atomic E-state index is 13.0. The van der Waals surface area contributed by atoms with E-state index in [-0.39, 0.29) is 18.3 Å². The summed E-state index contributed by atoms with van der Waals surface area (Å²) in [6.45, 7) is 4.18. The first-order valence-corrected chi connectivity index (χ1v) is 7.76. The van der Waals surface area contributed by atoms with Crippen molar-refractivity contribution in [3.8, 4) is 0 Å². The van der Waals surface area contributed by atoms with Crippen molar-refractivity contribution in [2.24, 2.45) is 5.92 Å². The molecule has 1 aliphatic heterocycles. The topological polar surface area (TPSA) is 46.3 Å². The predicted molar refractivity (Wildman–Crippen MR) is 88.8 cm³/mol. The van der Waals surface area contributed by atoms with E-state index in [0.717, 1.165) is 17.5 Å². The Labute approximate surface area is 133 Å². The molecule has 1 saturated heterocycles. The quantitative estimate of drug-likeness (QED) is 0.802. The highest BCUT2D eigenvalue weighted by atomic mass is 35.5. The number of carbonyl (C=O) groups is 1. The SMILES string of the molecule is Cc1ccc(N)cc1C(=O)N1C(C)CC2CCCCC21.Cl. The molecule has 0 spiro atoms. The number of carbonyl (C=O) groups excluding carboxylic acids is 1. The van der Waals surface area contributed by atoms with Gasteiger partial charge in [0.1, 0.15) is 0 Å². The van der Waals surface area contributed by atoms with Crippen LogP contribution in [0.3, 0.4) is 0 Å². The zero-order valence-corrected chi connectivity index (χ0v) is 13.7. The molecule has 1 aromatic carbocycles. The molecular weight excluding hydrogens is 284 g/mol. The minimum Gasteiger partial charge on any atom is -0.399 e. The van der Waals surface area contributed by atoms with Crippen molar-refractivity contribution < 1.29 is 4.79 Å². The van der Waals surface area contributed by atoms with E-state index in [1.165, 1.54) is 25.7 Å². The largest absolute Gasteiger partial charge is 0.399 e. The zero-order valence-electron chi connectivity index (χ0n) is 12.8. The molecule has 1 aliphatic carbocycles. The Morgan fingerprint density at radius 3 is 2.76 bits per heavy atom. The number of likely N-dealkylation sites (tertiary alicyclic amines) is 1. The Kier molecular flexibility index (Phi) is 4.82. The molecule has 0 bridgehead atoms.